The van der Waals surface area contributed by atoms with Crippen LogP contribution in [0, 0.1) is 13.8 Å². The van der Waals surface area contributed by atoms with E-state index in [0.29, 0.717) is 6.54 Å². The van der Waals surface area contributed by atoms with E-state index in [9.17, 15) is 4.79 Å². The van der Waals surface area contributed by atoms with Crippen LogP contribution in [0.2, 0.25) is 0 Å². The van der Waals surface area contributed by atoms with Crippen LogP contribution in [0.15, 0.2) is 6.07 Å². The highest BCUT2D eigenvalue weighted by Gasteiger charge is 2.09. The minimum Gasteiger partial charge on any atom is -0.349 e. The van der Waals surface area contributed by atoms with Gasteiger partial charge in [0, 0.05) is 38.1 Å². The van der Waals surface area contributed by atoms with E-state index in [1.165, 1.54) is 17.0 Å². The Morgan fingerprint density at radius 1 is 1.39 bits per heavy atom. The third kappa shape index (κ3) is 3.35. The van der Waals surface area contributed by atoms with Gasteiger partial charge in [-0.25, -0.2) is 0 Å². The van der Waals surface area contributed by atoms with Crippen molar-refractivity contribution in [1.82, 2.24) is 14.8 Å². The van der Waals surface area contributed by atoms with E-state index in [0.717, 1.165) is 19.6 Å². The SMILES string of the molecule is CCN(C)C(=O)CNCc1cc(C)n(CC)c1C. The van der Waals surface area contributed by atoms with Crippen LogP contribution in [0.1, 0.15) is 30.8 Å². The predicted octanol–water partition coefficient (Wildman–Crippen LogP) is 1.69. The Bertz CT molecular complexity index is 409. The third-order valence-corrected chi connectivity index (χ3v) is 3.49. The van der Waals surface area contributed by atoms with Gasteiger partial charge in [0.05, 0.1) is 6.54 Å². The van der Waals surface area contributed by atoms with Crippen LogP contribution >= 0.6 is 0 Å². The molecule has 0 saturated heterocycles. The first-order chi connectivity index (χ1) is 8.51. The third-order valence-electron chi connectivity index (χ3n) is 3.49. The number of aromatic nitrogens is 1. The summed E-state index contributed by atoms with van der Waals surface area (Å²) in [4.78, 5) is 13.4. The summed E-state index contributed by atoms with van der Waals surface area (Å²) in [5.41, 5.74) is 3.85. The molecule has 1 aromatic heterocycles. The van der Waals surface area contributed by atoms with Gasteiger partial charge in [0.1, 0.15) is 0 Å². The highest BCUT2D eigenvalue weighted by Crippen LogP contribution is 2.14. The summed E-state index contributed by atoms with van der Waals surface area (Å²) in [6.45, 7) is 11.3. The summed E-state index contributed by atoms with van der Waals surface area (Å²) < 4.78 is 2.29. The predicted molar refractivity (Wildman–Crippen MR) is 74.6 cm³/mol. The van der Waals surface area contributed by atoms with Crippen molar-refractivity contribution < 1.29 is 4.79 Å². The number of rotatable bonds is 6. The second-order valence-corrected chi connectivity index (χ2v) is 4.65. The molecular formula is C14H25N3O. The summed E-state index contributed by atoms with van der Waals surface area (Å²) in [7, 11) is 1.83. The van der Waals surface area contributed by atoms with Gasteiger partial charge >= 0.3 is 0 Å². The van der Waals surface area contributed by atoms with Crippen molar-refractivity contribution in [3.05, 3.63) is 23.0 Å². The Kier molecular flexibility index (Phi) is 5.41. The lowest BCUT2D eigenvalue weighted by Crippen LogP contribution is -2.35. The lowest BCUT2D eigenvalue weighted by Gasteiger charge is -2.14. The molecular weight excluding hydrogens is 226 g/mol. The van der Waals surface area contributed by atoms with Gasteiger partial charge in [-0.3, -0.25) is 4.79 Å². The van der Waals surface area contributed by atoms with Gasteiger partial charge in [-0.2, -0.15) is 0 Å². The molecule has 0 atom stereocenters. The molecule has 18 heavy (non-hydrogen) atoms. The quantitative estimate of drug-likeness (QED) is 0.835. The maximum Gasteiger partial charge on any atom is 0.236 e. The molecule has 0 aliphatic rings. The fraction of sp³-hybridized carbons (Fsp3) is 0.643. The number of nitrogens with one attached hydrogen (secondary N) is 1. The smallest absolute Gasteiger partial charge is 0.236 e. The van der Waals surface area contributed by atoms with E-state index in [2.05, 4.69) is 36.7 Å². The van der Waals surface area contributed by atoms with Crippen LogP contribution < -0.4 is 5.32 Å². The van der Waals surface area contributed by atoms with Gasteiger partial charge in [0.15, 0.2) is 0 Å². The van der Waals surface area contributed by atoms with E-state index in [4.69, 9.17) is 0 Å². The largest absolute Gasteiger partial charge is 0.349 e. The number of aryl methyl sites for hydroxylation is 1. The first-order valence-corrected chi connectivity index (χ1v) is 6.61. The van der Waals surface area contributed by atoms with Crippen molar-refractivity contribution in [2.75, 3.05) is 20.1 Å². The molecule has 0 unspecified atom stereocenters. The van der Waals surface area contributed by atoms with Gasteiger partial charge in [-0.15, -0.1) is 0 Å². The number of carbonyl (C=O) groups is 1. The van der Waals surface area contributed by atoms with Crippen molar-refractivity contribution in [3.63, 3.8) is 0 Å². The van der Waals surface area contributed by atoms with E-state index in [1.807, 2.05) is 14.0 Å². The summed E-state index contributed by atoms with van der Waals surface area (Å²) in [6, 6.07) is 2.19. The molecule has 1 N–H and O–H groups in total. The molecule has 0 radical (unpaired) electrons. The minimum absolute atomic E-state index is 0.141. The standard InChI is InChI=1S/C14H25N3O/c1-6-16(5)14(18)10-15-9-13-8-11(3)17(7-2)12(13)4/h8,15H,6-7,9-10H2,1-5H3. The molecule has 4 nitrogen and oxygen atoms in total. The molecule has 0 fully saturated rings. The summed E-state index contributed by atoms with van der Waals surface area (Å²) in [5.74, 6) is 0.141. The van der Waals surface area contributed by atoms with Crippen LogP contribution in [0.5, 0.6) is 0 Å². The van der Waals surface area contributed by atoms with Crippen molar-refractivity contribution in [1.29, 1.82) is 0 Å². The Morgan fingerprint density at radius 2 is 2.06 bits per heavy atom. The molecule has 1 heterocycles. The second kappa shape index (κ2) is 6.59. The van der Waals surface area contributed by atoms with Crippen molar-refractivity contribution >= 4 is 5.91 Å². The van der Waals surface area contributed by atoms with E-state index in [1.54, 1.807) is 4.90 Å². The average molecular weight is 251 g/mol. The van der Waals surface area contributed by atoms with Crippen LogP contribution in [0.25, 0.3) is 0 Å². The maximum absolute atomic E-state index is 11.6. The number of hydrogen-bond donors (Lipinski definition) is 1. The first-order valence-electron chi connectivity index (χ1n) is 6.61. The molecule has 102 valence electrons. The number of likely N-dealkylation sites (N-methyl/N-ethyl adjacent to an activating group) is 1. The Morgan fingerprint density at radius 3 is 2.56 bits per heavy atom. The fourth-order valence-corrected chi connectivity index (χ4v) is 2.15. The van der Waals surface area contributed by atoms with E-state index >= 15 is 0 Å². The number of carbonyl (C=O) groups excluding carboxylic acids is 1. The van der Waals surface area contributed by atoms with Crippen LogP contribution in [0.3, 0.4) is 0 Å². The molecule has 1 amide bonds. The summed E-state index contributed by atoms with van der Waals surface area (Å²) in [5, 5.41) is 3.22. The highest BCUT2D eigenvalue weighted by molar-refractivity contribution is 5.77. The summed E-state index contributed by atoms with van der Waals surface area (Å²) in [6.07, 6.45) is 0. The van der Waals surface area contributed by atoms with Gasteiger partial charge in [-0.1, -0.05) is 0 Å². The van der Waals surface area contributed by atoms with Crippen molar-refractivity contribution in [2.24, 2.45) is 0 Å². The van der Waals surface area contributed by atoms with Gasteiger partial charge < -0.3 is 14.8 Å². The topological polar surface area (TPSA) is 37.3 Å². The minimum atomic E-state index is 0.141. The summed E-state index contributed by atoms with van der Waals surface area (Å²) >= 11 is 0. The molecule has 0 spiro atoms. The number of nitrogens with zero attached hydrogens (tertiary/aromatic N) is 2. The molecule has 4 heteroatoms. The second-order valence-electron chi connectivity index (χ2n) is 4.65. The molecule has 0 aliphatic carbocycles. The molecule has 0 saturated carbocycles. The van der Waals surface area contributed by atoms with E-state index < -0.39 is 0 Å². The normalized spacial score (nSPS) is 10.7. The lowest BCUT2D eigenvalue weighted by atomic mass is 10.2. The van der Waals surface area contributed by atoms with Crippen LogP contribution in [0.4, 0.5) is 0 Å². The molecule has 0 aliphatic heterocycles. The maximum atomic E-state index is 11.6. The Labute approximate surface area is 110 Å². The Balaban J connectivity index is 2.52. The zero-order chi connectivity index (χ0) is 13.7. The van der Waals surface area contributed by atoms with E-state index in [-0.39, 0.29) is 5.91 Å². The molecule has 1 aromatic rings. The molecule has 0 aromatic carbocycles. The molecule has 1 rings (SSSR count). The average Bonchev–Trinajstić information content (AvgIpc) is 2.63. The zero-order valence-electron chi connectivity index (χ0n) is 12.2. The van der Waals surface area contributed by atoms with Crippen molar-refractivity contribution in [2.45, 2.75) is 40.8 Å². The van der Waals surface area contributed by atoms with Crippen molar-refractivity contribution in [3.8, 4) is 0 Å². The number of hydrogen-bond acceptors (Lipinski definition) is 2. The fourth-order valence-electron chi connectivity index (χ4n) is 2.15. The first kappa shape index (κ1) is 14.8. The number of amides is 1. The Hall–Kier alpha value is -1.29. The van der Waals surface area contributed by atoms with Crippen LogP contribution in [-0.2, 0) is 17.9 Å². The monoisotopic (exact) mass is 251 g/mol. The van der Waals surface area contributed by atoms with Gasteiger partial charge in [0.25, 0.3) is 0 Å². The highest BCUT2D eigenvalue weighted by atomic mass is 16.2. The van der Waals surface area contributed by atoms with Gasteiger partial charge in [0.2, 0.25) is 5.91 Å². The molecule has 0 bridgehead atoms. The zero-order valence-corrected chi connectivity index (χ0v) is 12.2. The lowest BCUT2D eigenvalue weighted by molar-refractivity contribution is -0.128. The van der Waals surface area contributed by atoms with Crippen LogP contribution in [-0.4, -0.2) is 35.5 Å². The van der Waals surface area contributed by atoms with Gasteiger partial charge in [-0.05, 0) is 39.3 Å².